The molecule has 1 heterocycles. The van der Waals surface area contributed by atoms with E-state index in [0.717, 1.165) is 5.56 Å². The van der Waals surface area contributed by atoms with E-state index in [-0.39, 0.29) is 0 Å². The third-order valence-corrected chi connectivity index (χ3v) is 2.91. The summed E-state index contributed by atoms with van der Waals surface area (Å²) in [7, 11) is 0. The molecule has 1 aromatic heterocycles. The van der Waals surface area contributed by atoms with Crippen molar-refractivity contribution in [2.75, 3.05) is 5.73 Å². The molecular weight excluding hydrogens is 250 g/mol. The first-order valence-electron chi connectivity index (χ1n) is 6.05. The molecule has 0 atom stereocenters. The fraction of sp³-hybridized carbons (Fsp3) is 0. The van der Waals surface area contributed by atoms with Gasteiger partial charge in [0.05, 0.1) is 11.3 Å². The van der Waals surface area contributed by atoms with E-state index >= 15 is 0 Å². The normalized spacial score (nSPS) is 10.2. The topological polar surface area (TPSA) is 80.5 Å². The smallest absolute Gasteiger partial charge is 0.181 e. The first-order chi connectivity index (χ1) is 9.78. The molecule has 0 amide bonds. The molecule has 0 bridgehead atoms. The summed E-state index contributed by atoms with van der Waals surface area (Å²) in [6.07, 6.45) is 1.59. The van der Waals surface area contributed by atoms with E-state index < -0.39 is 0 Å². The van der Waals surface area contributed by atoms with E-state index in [1.165, 1.54) is 0 Å². The Morgan fingerprint density at radius 2 is 1.95 bits per heavy atom. The Morgan fingerprint density at radius 3 is 2.75 bits per heavy atom. The van der Waals surface area contributed by atoms with Crippen LogP contribution in [0, 0.1) is 11.3 Å². The molecule has 0 fully saturated rings. The molecule has 0 aliphatic heterocycles. The Bertz CT molecular complexity index is 798. The molecule has 0 aliphatic rings. The Morgan fingerprint density at radius 1 is 1.10 bits per heavy atom. The lowest BCUT2D eigenvalue weighted by Gasteiger charge is -2.02. The summed E-state index contributed by atoms with van der Waals surface area (Å²) in [5.74, 6) is 0.574. The quantitative estimate of drug-likeness (QED) is 0.718. The van der Waals surface area contributed by atoms with E-state index in [4.69, 9.17) is 11.0 Å². The van der Waals surface area contributed by atoms with Gasteiger partial charge in [-0.1, -0.05) is 24.3 Å². The van der Waals surface area contributed by atoms with Gasteiger partial charge < -0.3 is 5.73 Å². The largest absolute Gasteiger partial charge is 0.399 e. The number of rotatable bonds is 2. The van der Waals surface area contributed by atoms with Crippen LogP contribution in [0.5, 0.6) is 0 Å². The number of para-hydroxylation sites is 1. The van der Waals surface area contributed by atoms with Gasteiger partial charge in [0.25, 0.3) is 0 Å². The molecule has 2 aromatic carbocycles. The van der Waals surface area contributed by atoms with Gasteiger partial charge >= 0.3 is 0 Å². The molecule has 0 unspecified atom stereocenters. The first kappa shape index (κ1) is 11.9. The third-order valence-electron chi connectivity index (χ3n) is 2.91. The van der Waals surface area contributed by atoms with E-state index in [2.05, 4.69) is 16.2 Å². The van der Waals surface area contributed by atoms with Gasteiger partial charge in [-0.3, -0.25) is 0 Å². The molecule has 0 saturated heterocycles. The maximum absolute atomic E-state index is 9.11. The van der Waals surface area contributed by atoms with Crippen molar-refractivity contribution in [2.24, 2.45) is 0 Å². The van der Waals surface area contributed by atoms with Gasteiger partial charge in [-0.15, -0.1) is 5.10 Å². The highest BCUT2D eigenvalue weighted by Gasteiger charge is 2.08. The predicted octanol–water partition coefficient (Wildman–Crippen LogP) is 2.39. The van der Waals surface area contributed by atoms with Crippen LogP contribution in [0.2, 0.25) is 0 Å². The van der Waals surface area contributed by atoms with Crippen LogP contribution < -0.4 is 5.73 Å². The van der Waals surface area contributed by atoms with Crippen LogP contribution in [-0.4, -0.2) is 14.8 Å². The molecule has 3 rings (SSSR count). The number of nitrogens with two attached hydrogens (primary N) is 1. The van der Waals surface area contributed by atoms with Crippen LogP contribution in [0.25, 0.3) is 17.1 Å². The van der Waals surface area contributed by atoms with Gasteiger partial charge in [0.2, 0.25) is 0 Å². The number of aromatic nitrogens is 3. The van der Waals surface area contributed by atoms with Crippen molar-refractivity contribution >= 4 is 5.69 Å². The SMILES string of the molecule is N#Cc1ccccc1-n1cnc(-c2cccc(N)c2)n1. The summed E-state index contributed by atoms with van der Waals surface area (Å²) < 4.78 is 1.59. The van der Waals surface area contributed by atoms with Crippen molar-refractivity contribution in [3.8, 4) is 23.1 Å². The lowest BCUT2D eigenvalue weighted by atomic mass is 10.2. The second-order valence-corrected chi connectivity index (χ2v) is 4.27. The average Bonchev–Trinajstić information content (AvgIpc) is 2.97. The van der Waals surface area contributed by atoms with E-state index in [9.17, 15) is 0 Å². The van der Waals surface area contributed by atoms with Gasteiger partial charge in [0, 0.05) is 11.3 Å². The summed E-state index contributed by atoms with van der Waals surface area (Å²) in [6, 6.07) is 16.8. The number of hydrogen-bond donors (Lipinski definition) is 1. The summed E-state index contributed by atoms with van der Waals surface area (Å²) in [5.41, 5.74) is 8.52. The molecule has 3 aromatic rings. The van der Waals surface area contributed by atoms with Crippen molar-refractivity contribution in [1.82, 2.24) is 14.8 Å². The summed E-state index contributed by atoms with van der Waals surface area (Å²) in [6.45, 7) is 0. The van der Waals surface area contributed by atoms with Crippen LogP contribution in [-0.2, 0) is 0 Å². The van der Waals surface area contributed by atoms with Crippen LogP contribution in [0.3, 0.4) is 0 Å². The molecule has 20 heavy (non-hydrogen) atoms. The summed E-state index contributed by atoms with van der Waals surface area (Å²) in [4.78, 5) is 4.27. The zero-order chi connectivity index (χ0) is 13.9. The summed E-state index contributed by atoms with van der Waals surface area (Å²) >= 11 is 0. The van der Waals surface area contributed by atoms with Crippen LogP contribution in [0.1, 0.15) is 5.56 Å². The number of anilines is 1. The minimum Gasteiger partial charge on any atom is -0.399 e. The standard InChI is InChI=1S/C15H11N5/c16-9-12-4-1-2-7-14(12)20-10-18-15(19-20)11-5-3-6-13(17)8-11/h1-8,10H,17H2. The number of nitrogen functional groups attached to an aromatic ring is 1. The van der Waals surface area contributed by atoms with Gasteiger partial charge in [-0.2, -0.15) is 5.26 Å². The molecular formula is C15H11N5. The zero-order valence-corrected chi connectivity index (χ0v) is 10.6. The van der Waals surface area contributed by atoms with Crippen LogP contribution >= 0.6 is 0 Å². The van der Waals surface area contributed by atoms with Gasteiger partial charge in [0.1, 0.15) is 12.4 Å². The molecule has 0 spiro atoms. The van der Waals surface area contributed by atoms with Crippen molar-refractivity contribution < 1.29 is 0 Å². The highest BCUT2D eigenvalue weighted by molar-refractivity contribution is 5.61. The fourth-order valence-electron chi connectivity index (χ4n) is 1.96. The van der Waals surface area contributed by atoms with Crippen LogP contribution in [0.15, 0.2) is 54.9 Å². The third kappa shape index (κ3) is 2.10. The molecule has 2 N–H and O–H groups in total. The maximum Gasteiger partial charge on any atom is 0.181 e. The van der Waals surface area contributed by atoms with Crippen molar-refractivity contribution in [3.63, 3.8) is 0 Å². The van der Waals surface area contributed by atoms with Crippen molar-refractivity contribution in [1.29, 1.82) is 5.26 Å². The van der Waals surface area contributed by atoms with E-state index in [1.807, 2.05) is 42.5 Å². The van der Waals surface area contributed by atoms with Gasteiger partial charge in [0.15, 0.2) is 5.82 Å². The number of benzene rings is 2. The lowest BCUT2D eigenvalue weighted by molar-refractivity contribution is 0.879. The molecule has 96 valence electrons. The minimum atomic E-state index is 0.552. The van der Waals surface area contributed by atoms with Crippen molar-refractivity contribution in [3.05, 3.63) is 60.4 Å². The molecule has 0 saturated carbocycles. The molecule has 0 aliphatic carbocycles. The average molecular weight is 261 g/mol. The molecule has 5 nitrogen and oxygen atoms in total. The fourth-order valence-corrected chi connectivity index (χ4v) is 1.96. The summed E-state index contributed by atoms with van der Waals surface area (Å²) in [5, 5.41) is 13.5. The Balaban J connectivity index is 2.05. The Kier molecular flexibility index (Phi) is 2.90. The van der Waals surface area contributed by atoms with E-state index in [1.54, 1.807) is 17.1 Å². The van der Waals surface area contributed by atoms with Crippen LogP contribution in [0.4, 0.5) is 5.69 Å². The molecule has 5 heteroatoms. The maximum atomic E-state index is 9.11. The Hall–Kier alpha value is -3.13. The second kappa shape index (κ2) is 4.86. The van der Waals surface area contributed by atoms with Gasteiger partial charge in [-0.25, -0.2) is 9.67 Å². The predicted molar refractivity (Wildman–Crippen MR) is 75.9 cm³/mol. The zero-order valence-electron chi connectivity index (χ0n) is 10.6. The van der Waals surface area contributed by atoms with E-state index in [0.29, 0.717) is 22.8 Å². The monoisotopic (exact) mass is 261 g/mol. The van der Waals surface area contributed by atoms with Crippen molar-refractivity contribution in [2.45, 2.75) is 0 Å². The number of hydrogen-bond acceptors (Lipinski definition) is 4. The highest BCUT2D eigenvalue weighted by Crippen LogP contribution is 2.19. The number of nitrogens with zero attached hydrogens (tertiary/aromatic N) is 4. The first-order valence-corrected chi connectivity index (χ1v) is 6.05. The highest BCUT2D eigenvalue weighted by atomic mass is 15.3. The number of nitriles is 1. The van der Waals surface area contributed by atoms with Gasteiger partial charge in [-0.05, 0) is 24.3 Å². The molecule has 0 radical (unpaired) electrons. The second-order valence-electron chi connectivity index (χ2n) is 4.27. The lowest BCUT2D eigenvalue weighted by Crippen LogP contribution is -1.98. The minimum absolute atomic E-state index is 0.552. The Labute approximate surface area is 115 Å².